The highest BCUT2D eigenvalue weighted by atomic mass is 32.2. The van der Waals surface area contributed by atoms with E-state index in [0.29, 0.717) is 16.9 Å². The van der Waals surface area contributed by atoms with Gasteiger partial charge in [0.2, 0.25) is 0 Å². The number of benzene rings is 1. The number of thioether (sulfide) groups is 1. The molecule has 1 heterocycles. The Balaban J connectivity index is 2.06. The third-order valence-corrected chi connectivity index (χ3v) is 4.21. The van der Waals surface area contributed by atoms with Crippen LogP contribution in [0.25, 0.3) is 0 Å². The number of nitrogens with one attached hydrogen (secondary N) is 1. The van der Waals surface area contributed by atoms with Crippen molar-refractivity contribution in [2.24, 2.45) is 10.9 Å². The van der Waals surface area contributed by atoms with E-state index in [0.717, 1.165) is 11.7 Å². The largest absolute Gasteiger partial charge is 0.335 e. The van der Waals surface area contributed by atoms with Crippen LogP contribution in [-0.4, -0.2) is 17.0 Å². The van der Waals surface area contributed by atoms with Crippen LogP contribution in [0.4, 0.5) is 10.1 Å². The maximum atomic E-state index is 13.2. The minimum absolute atomic E-state index is 0.0454. The van der Waals surface area contributed by atoms with Crippen LogP contribution in [0, 0.1) is 23.1 Å². The lowest BCUT2D eigenvalue weighted by Gasteiger charge is -2.12. The highest BCUT2D eigenvalue weighted by Gasteiger charge is 2.22. The van der Waals surface area contributed by atoms with Crippen LogP contribution in [-0.2, 0) is 0 Å². The Hall–Kier alpha value is -1.54. The number of halogens is 1. The number of anilines is 1. The molecule has 0 bridgehead atoms. The molecule has 1 unspecified atom stereocenters. The van der Waals surface area contributed by atoms with Gasteiger partial charge in [-0.2, -0.15) is 5.26 Å². The summed E-state index contributed by atoms with van der Waals surface area (Å²) in [6.07, 6.45) is 0. The zero-order valence-corrected chi connectivity index (χ0v) is 11.1. The molecule has 18 heavy (non-hydrogen) atoms. The second kappa shape index (κ2) is 5.40. The summed E-state index contributed by atoms with van der Waals surface area (Å²) in [7, 11) is 0. The summed E-state index contributed by atoms with van der Waals surface area (Å²) in [6, 6.07) is 6.23. The molecule has 0 saturated carbocycles. The van der Waals surface area contributed by atoms with E-state index in [2.05, 4.69) is 24.2 Å². The Morgan fingerprint density at radius 1 is 1.56 bits per heavy atom. The summed E-state index contributed by atoms with van der Waals surface area (Å²) in [5, 5.41) is 13.2. The van der Waals surface area contributed by atoms with E-state index >= 15 is 0 Å². The van der Waals surface area contributed by atoms with E-state index in [1.54, 1.807) is 17.8 Å². The fourth-order valence-corrected chi connectivity index (χ4v) is 2.65. The molecular formula is C13H14FN3S. The van der Waals surface area contributed by atoms with Gasteiger partial charge in [-0.1, -0.05) is 25.6 Å². The number of nitrogens with zero attached hydrogens (tertiary/aromatic N) is 2. The fourth-order valence-electron chi connectivity index (χ4n) is 1.62. The van der Waals surface area contributed by atoms with Crippen molar-refractivity contribution in [3.8, 4) is 6.07 Å². The first kappa shape index (κ1) is 12.9. The molecule has 0 radical (unpaired) electrons. The van der Waals surface area contributed by atoms with Crippen LogP contribution in [0.5, 0.6) is 0 Å². The summed E-state index contributed by atoms with van der Waals surface area (Å²) in [5.41, 5.74) is 0.743. The summed E-state index contributed by atoms with van der Waals surface area (Å²) < 4.78 is 13.2. The molecule has 3 nitrogen and oxygen atoms in total. The number of hydrogen-bond donors (Lipinski definition) is 1. The van der Waals surface area contributed by atoms with Gasteiger partial charge in [-0.15, -0.1) is 0 Å². The van der Waals surface area contributed by atoms with Gasteiger partial charge in [0, 0.05) is 10.9 Å². The van der Waals surface area contributed by atoms with Crippen molar-refractivity contribution in [1.82, 2.24) is 0 Å². The number of amidine groups is 1. The third kappa shape index (κ3) is 2.82. The van der Waals surface area contributed by atoms with Gasteiger partial charge < -0.3 is 5.32 Å². The van der Waals surface area contributed by atoms with Gasteiger partial charge in [-0.25, -0.2) is 4.39 Å². The maximum absolute atomic E-state index is 13.2. The summed E-state index contributed by atoms with van der Waals surface area (Å²) >= 11 is 1.69. The predicted molar refractivity (Wildman–Crippen MR) is 73.3 cm³/mol. The van der Waals surface area contributed by atoms with E-state index in [1.807, 2.05) is 6.07 Å². The van der Waals surface area contributed by atoms with E-state index in [4.69, 9.17) is 5.26 Å². The van der Waals surface area contributed by atoms with Crippen molar-refractivity contribution in [3.63, 3.8) is 0 Å². The normalized spacial score (nSPS) is 18.6. The van der Waals surface area contributed by atoms with Crippen molar-refractivity contribution < 1.29 is 4.39 Å². The lowest BCUT2D eigenvalue weighted by Crippen LogP contribution is -2.13. The van der Waals surface area contributed by atoms with Crippen LogP contribution in [0.3, 0.4) is 0 Å². The monoisotopic (exact) mass is 263 g/mol. The minimum Gasteiger partial charge on any atom is -0.335 e. The quantitative estimate of drug-likeness (QED) is 0.891. The van der Waals surface area contributed by atoms with Crippen molar-refractivity contribution in [3.05, 3.63) is 29.6 Å². The molecule has 1 aromatic carbocycles. The average Bonchev–Trinajstić information content (AvgIpc) is 2.80. The molecule has 0 saturated heterocycles. The van der Waals surface area contributed by atoms with Gasteiger partial charge in [0.15, 0.2) is 5.17 Å². The number of nitriles is 1. The Morgan fingerprint density at radius 3 is 2.94 bits per heavy atom. The smallest absolute Gasteiger partial charge is 0.161 e. The van der Waals surface area contributed by atoms with Gasteiger partial charge in [0.1, 0.15) is 11.9 Å². The van der Waals surface area contributed by atoms with E-state index in [-0.39, 0.29) is 5.56 Å². The van der Waals surface area contributed by atoms with Crippen LogP contribution in [0.1, 0.15) is 19.4 Å². The molecule has 0 spiro atoms. The third-order valence-electron chi connectivity index (χ3n) is 2.76. The van der Waals surface area contributed by atoms with Crippen LogP contribution in [0.15, 0.2) is 23.2 Å². The van der Waals surface area contributed by atoms with E-state index in [1.165, 1.54) is 12.1 Å². The SMILES string of the molecule is CC(C)C1CN=C(Nc2ccc(F)c(C#N)c2)S1. The van der Waals surface area contributed by atoms with Gasteiger partial charge in [-0.05, 0) is 24.1 Å². The second-order valence-corrected chi connectivity index (χ2v) is 5.71. The molecule has 5 heteroatoms. The molecule has 94 valence electrons. The average molecular weight is 263 g/mol. The van der Waals surface area contributed by atoms with E-state index in [9.17, 15) is 4.39 Å². The Morgan fingerprint density at radius 2 is 2.33 bits per heavy atom. The Bertz CT molecular complexity index is 519. The zero-order valence-electron chi connectivity index (χ0n) is 10.3. The van der Waals surface area contributed by atoms with Gasteiger partial charge in [0.25, 0.3) is 0 Å². The van der Waals surface area contributed by atoms with Gasteiger partial charge in [0.05, 0.1) is 12.1 Å². The molecule has 0 aromatic heterocycles. The first-order valence-electron chi connectivity index (χ1n) is 5.78. The number of rotatable bonds is 2. The second-order valence-electron chi connectivity index (χ2n) is 4.48. The van der Waals surface area contributed by atoms with Crippen molar-refractivity contribution >= 4 is 22.6 Å². The summed E-state index contributed by atoms with van der Waals surface area (Å²) in [4.78, 5) is 4.40. The lowest BCUT2D eigenvalue weighted by molar-refractivity contribution is 0.621. The topological polar surface area (TPSA) is 48.2 Å². The molecule has 1 aliphatic rings. The summed E-state index contributed by atoms with van der Waals surface area (Å²) in [6.45, 7) is 5.14. The number of hydrogen-bond acceptors (Lipinski definition) is 4. The highest BCUT2D eigenvalue weighted by molar-refractivity contribution is 8.15. The predicted octanol–water partition coefficient (Wildman–Crippen LogP) is 3.24. The van der Waals surface area contributed by atoms with Gasteiger partial charge in [-0.3, -0.25) is 4.99 Å². The van der Waals surface area contributed by atoms with Crippen LogP contribution >= 0.6 is 11.8 Å². The first-order valence-corrected chi connectivity index (χ1v) is 6.66. The maximum Gasteiger partial charge on any atom is 0.161 e. The molecule has 2 rings (SSSR count). The molecular weight excluding hydrogens is 249 g/mol. The fraction of sp³-hybridized carbons (Fsp3) is 0.385. The number of aliphatic imine (C=N–C) groups is 1. The molecule has 1 N–H and O–H groups in total. The van der Waals surface area contributed by atoms with Gasteiger partial charge >= 0.3 is 0 Å². The van der Waals surface area contributed by atoms with E-state index < -0.39 is 5.82 Å². The van der Waals surface area contributed by atoms with Crippen molar-refractivity contribution in [2.75, 3.05) is 11.9 Å². The highest BCUT2D eigenvalue weighted by Crippen LogP contribution is 2.28. The minimum atomic E-state index is -0.496. The van der Waals surface area contributed by atoms with Crippen LogP contribution in [0.2, 0.25) is 0 Å². The standard InChI is InChI=1S/C13H14FN3S/c1-8(2)12-7-16-13(18-12)17-10-3-4-11(14)9(5-10)6-15/h3-5,8,12H,7H2,1-2H3,(H,16,17). The molecule has 1 aromatic rings. The zero-order chi connectivity index (χ0) is 13.1. The molecule has 0 fully saturated rings. The van der Waals surface area contributed by atoms with Crippen molar-refractivity contribution in [1.29, 1.82) is 5.26 Å². The molecule has 0 aliphatic carbocycles. The summed E-state index contributed by atoms with van der Waals surface area (Å²) in [5.74, 6) is 0.0741. The van der Waals surface area contributed by atoms with Crippen LogP contribution < -0.4 is 5.32 Å². The lowest BCUT2D eigenvalue weighted by atomic mass is 10.1. The molecule has 1 aliphatic heterocycles. The van der Waals surface area contributed by atoms with Crippen molar-refractivity contribution in [2.45, 2.75) is 19.1 Å². The molecule has 1 atom stereocenters. The Labute approximate surface area is 110 Å². The Kier molecular flexibility index (Phi) is 3.87. The molecule has 0 amide bonds. The first-order chi connectivity index (χ1) is 8.60.